The number of thiazole rings is 1. The summed E-state index contributed by atoms with van der Waals surface area (Å²) in [5.41, 5.74) is 2.71. The van der Waals surface area contributed by atoms with Gasteiger partial charge in [-0.1, -0.05) is 36.8 Å². The van der Waals surface area contributed by atoms with Crippen molar-refractivity contribution in [2.45, 2.75) is 26.4 Å². The molecule has 0 saturated heterocycles. The van der Waals surface area contributed by atoms with Crippen LogP contribution in [0.4, 0.5) is 11.5 Å². The molecule has 0 radical (unpaired) electrons. The largest absolute Gasteiger partial charge is 0.485 e. The summed E-state index contributed by atoms with van der Waals surface area (Å²) in [6, 6.07) is 11.6. The molecule has 6 nitrogen and oxygen atoms in total. The van der Waals surface area contributed by atoms with Gasteiger partial charge < -0.3 is 15.2 Å². The van der Waals surface area contributed by atoms with Crippen molar-refractivity contribution in [3.05, 3.63) is 69.9 Å². The molecule has 0 fully saturated rings. The quantitative estimate of drug-likeness (QED) is 0.260. The summed E-state index contributed by atoms with van der Waals surface area (Å²) < 4.78 is 5.78. The standard InChI is InChI=1S/C24H23ClN4O2S2/c1-15(12-30)8-18(32)9-16-2-4-21-19(10-16)24(28-14-27-21)29-17-3-5-22(20(25)11-17)31-13-23-26-6-7-33-23/h2-7,10-11,14-15,30H,8-9,12-13H2,1H3,(H,27,28,29)/t15-/m0/s1. The second kappa shape index (κ2) is 11.0. The number of nitrogens with zero attached hydrogens (tertiary/aromatic N) is 3. The topological polar surface area (TPSA) is 80.2 Å². The second-order valence-electron chi connectivity index (χ2n) is 7.77. The van der Waals surface area contributed by atoms with E-state index in [1.807, 2.05) is 42.6 Å². The Kier molecular flexibility index (Phi) is 7.82. The molecule has 4 aromatic rings. The van der Waals surface area contributed by atoms with Gasteiger partial charge in [0.2, 0.25) is 0 Å². The van der Waals surface area contributed by atoms with Crippen molar-refractivity contribution < 1.29 is 9.84 Å². The maximum Gasteiger partial charge on any atom is 0.141 e. The lowest BCUT2D eigenvalue weighted by molar-refractivity contribution is 0.241. The number of benzene rings is 2. The summed E-state index contributed by atoms with van der Waals surface area (Å²) in [6.07, 6.45) is 4.67. The number of ether oxygens (including phenoxy) is 1. The molecule has 0 unspecified atom stereocenters. The summed E-state index contributed by atoms with van der Waals surface area (Å²) in [5.74, 6) is 1.44. The lowest BCUT2D eigenvalue weighted by Crippen LogP contribution is -2.09. The van der Waals surface area contributed by atoms with Crippen molar-refractivity contribution in [1.29, 1.82) is 0 Å². The Bertz CT molecular complexity index is 1250. The lowest BCUT2D eigenvalue weighted by atomic mass is 10.0. The summed E-state index contributed by atoms with van der Waals surface area (Å²) in [6.45, 7) is 2.50. The molecule has 0 spiro atoms. The van der Waals surface area contributed by atoms with Crippen LogP contribution in [0.25, 0.3) is 10.9 Å². The van der Waals surface area contributed by atoms with Crippen LogP contribution in [0.15, 0.2) is 54.3 Å². The minimum absolute atomic E-state index is 0.136. The molecule has 2 heterocycles. The summed E-state index contributed by atoms with van der Waals surface area (Å²) >= 11 is 13.5. The van der Waals surface area contributed by atoms with Crippen LogP contribution >= 0.6 is 35.2 Å². The van der Waals surface area contributed by atoms with Gasteiger partial charge in [0.05, 0.1) is 10.5 Å². The zero-order valence-corrected chi connectivity index (χ0v) is 20.4. The van der Waals surface area contributed by atoms with Gasteiger partial charge in [0.1, 0.15) is 29.5 Å². The lowest BCUT2D eigenvalue weighted by Gasteiger charge is -2.13. The first-order chi connectivity index (χ1) is 16.0. The number of rotatable bonds is 10. The summed E-state index contributed by atoms with van der Waals surface area (Å²) in [5, 5.41) is 16.8. The van der Waals surface area contributed by atoms with Gasteiger partial charge in [-0.2, -0.15) is 0 Å². The molecular weight excluding hydrogens is 476 g/mol. The normalized spacial score (nSPS) is 12.0. The SMILES string of the molecule is C[C@H](CO)CC(=S)Cc1ccc2ncnc(Nc3ccc(OCc4nccs4)c(Cl)c3)c2c1. The van der Waals surface area contributed by atoms with Crippen LogP contribution in [-0.4, -0.2) is 31.5 Å². The summed E-state index contributed by atoms with van der Waals surface area (Å²) in [7, 11) is 0. The smallest absolute Gasteiger partial charge is 0.141 e. The van der Waals surface area contributed by atoms with Crippen molar-refractivity contribution >= 4 is 62.4 Å². The fourth-order valence-electron chi connectivity index (χ4n) is 3.36. The first-order valence-corrected chi connectivity index (χ1v) is 12.1. The van der Waals surface area contributed by atoms with E-state index < -0.39 is 0 Å². The third-order valence-electron chi connectivity index (χ3n) is 5.02. The number of thiocarbonyl (C=S) groups is 1. The number of fused-ring (bicyclic) bond motifs is 1. The molecule has 2 aromatic heterocycles. The highest BCUT2D eigenvalue weighted by molar-refractivity contribution is 7.80. The van der Waals surface area contributed by atoms with E-state index in [9.17, 15) is 5.11 Å². The van der Waals surface area contributed by atoms with Crippen molar-refractivity contribution in [3.63, 3.8) is 0 Å². The Hall–Kier alpha value is -2.65. The van der Waals surface area contributed by atoms with Crippen molar-refractivity contribution in [2.24, 2.45) is 5.92 Å². The number of aliphatic hydroxyl groups is 1. The second-order valence-corrected chi connectivity index (χ2v) is 9.73. The fraction of sp³-hybridized carbons (Fsp3) is 0.250. The Morgan fingerprint density at radius 2 is 2.09 bits per heavy atom. The maximum atomic E-state index is 9.27. The van der Waals surface area contributed by atoms with E-state index in [1.165, 1.54) is 17.7 Å². The molecule has 0 aliphatic heterocycles. The van der Waals surface area contributed by atoms with Crippen LogP contribution in [0.2, 0.25) is 5.02 Å². The zero-order valence-electron chi connectivity index (χ0n) is 18.0. The molecule has 4 rings (SSSR count). The Labute approximate surface area is 206 Å². The first kappa shape index (κ1) is 23.5. The molecule has 0 aliphatic rings. The third kappa shape index (κ3) is 6.23. The van der Waals surface area contributed by atoms with E-state index in [0.717, 1.165) is 38.4 Å². The van der Waals surface area contributed by atoms with Crippen molar-refractivity contribution in [1.82, 2.24) is 15.0 Å². The van der Waals surface area contributed by atoms with Gasteiger partial charge in [-0.25, -0.2) is 15.0 Å². The number of nitrogens with one attached hydrogen (secondary N) is 1. The van der Waals surface area contributed by atoms with Crippen LogP contribution < -0.4 is 10.1 Å². The van der Waals surface area contributed by atoms with E-state index >= 15 is 0 Å². The van der Waals surface area contributed by atoms with E-state index in [-0.39, 0.29) is 12.5 Å². The third-order valence-corrected chi connectivity index (χ3v) is 6.38. The van der Waals surface area contributed by atoms with Crippen LogP contribution in [0.3, 0.4) is 0 Å². The van der Waals surface area contributed by atoms with Gasteiger partial charge in [0, 0.05) is 35.7 Å². The van der Waals surface area contributed by atoms with Gasteiger partial charge >= 0.3 is 0 Å². The molecule has 33 heavy (non-hydrogen) atoms. The van der Waals surface area contributed by atoms with Gasteiger partial charge in [0.25, 0.3) is 0 Å². The molecule has 1 atom stereocenters. The monoisotopic (exact) mass is 498 g/mol. The predicted octanol–water partition coefficient (Wildman–Crippen LogP) is 5.99. The van der Waals surface area contributed by atoms with Crippen LogP contribution in [-0.2, 0) is 13.0 Å². The highest BCUT2D eigenvalue weighted by atomic mass is 35.5. The van der Waals surface area contributed by atoms with Crippen LogP contribution in [0.1, 0.15) is 23.9 Å². The minimum atomic E-state index is 0.136. The molecular formula is C24H23ClN4O2S2. The van der Waals surface area contributed by atoms with E-state index in [4.69, 9.17) is 28.6 Å². The summed E-state index contributed by atoms with van der Waals surface area (Å²) in [4.78, 5) is 13.9. The van der Waals surface area contributed by atoms with Gasteiger partial charge in [-0.15, -0.1) is 11.3 Å². The number of halogens is 1. The average molecular weight is 499 g/mol. The highest BCUT2D eigenvalue weighted by Gasteiger charge is 2.11. The van der Waals surface area contributed by atoms with E-state index in [0.29, 0.717) is 29.6 Å². The fourth-order valence-corrected chi connectivity index (χ4v) is 4.58. The van der Waals surface area contributed by atoms with Crippen molar-refractivity contribution in [3.8, 4) is 5.75 Å². The number of hydrogen-bond acceptors (Lipinski definition) is 8. The van der Waals surface area contributed by atoms with Crippen molar-refractivity contribution in [2.75, 3.05) is 11.9 Å². The highest BCUT2D eigenvalue weighted by Crippen LogP contribution is 2.31. The number of aliphatic hydroxyl groups excluding tert-OH is 1. The molecule has 0 amide bonds. The van der Waals surface area contributed by atoms with Gasteiger partial charge in [-0.05, 0) is 53.1 Å². The Balaban J connectivity index is 1.50. The number of hydrogen-bond donors (Lipinski definition) is 2. The van der Waals surface area contributed by atoms with Gasteiger partial charge in [-0.3, -0.25) is 0 Å². The molecule has 170 valence electrons. The van der Waals surface area contributed by atoms with E-state index in [2.05, 4.69) is 26.3 Å². The molecule has 0 aliphatic carbocycles. The Morgan fingerprint density at radius 3 is 2.85 bits per heavy atom. The molecule has 0 saturated carbocycles. The van der Waals surface area contributed by atoms with E-state index in [1.54, 1.807) is 6.20 Å². The molecule has 0 bridgehead atoms. The number of aromatic nitrogens is 3. The zero-order chi connectivity index (χ0) is 23.2. The average Bonchev–Trinajstić information content (AvgIpc) is 3.32. The Morgan fingerprint density at radius 1 is 1.21 bits per heavy atom. The molecule has 2 N–H and O–H groups in total. The van der Waals surface area contributed by atoms with Crippen LogP contribution in [0.5, 0.6) is 5.75 Å². The molecule has 2 aromatic carbocycles. The number of anilines is 2. The first-order valence-electron chi connectivity index (χ1n) is 10.5. The predicted molar refractivity (Wildman–Crippen MR) is 138 cm³/mol. The minimum Gasteiger partial charge on any atom is -0.485 e. The van der Waals surface area contributed by atoms with Gasteiger partial charge in [0.15, 0.2) is 0 Å². The van der Waals surface area contributed by atoms with Crippen LogP contribution in [0, 0.1) is 5.92 Å². The molecule has 9 heteroatoms. The maximum absolute atomic E-state index is 9.27.